The Labute approximate surface area is 95.9 Å². The number of carbonyl (C=O) groups is 1. The maximum atomic E-state index is 10.7. The Bertz CT molecular complexity index is 433. The molecule has 0 fully saturated rings. The number of aromatic nitrogens is 1. The molecule has 0 aliphatic heterocycles. The van der Waals surface area contributed by atoms with Crippen molar-refractivity contribution < 1.29 is 24.3 Å². The van der Waals surface area contributed by atoms with Gasteiger partial charge in [0.05, 0.1) is 11.5 Å². The van der Waals surface area contributed by atoms with Gasteiger partial charge in [-0.15, -0.1) is 0 Å². The van der Waals surface area contributed by atoms with Crippen LogP contribution in [0.4, 0.5) is 5.69 Å². The lowest BCUT2D eigenvalue weighted by Gasteiger charge is -2.05. The van der Waals surface area contributed by atoms with Gasteiger partial charge in [0.25, 0.3) is 5.88 Å². The SMILES string of the molecule is COCCOc1nc(C(=O)O)ccc1[N+](=O)[O-]. The lowest BCUT2D eigenvalue weighted by Crippen LogP contribution is -2.09. The van der Waals surface area contributed by atoms with Crippen molar-refractivity contribution in [3.8, 4) is 5.88 Å². The van der Waals surface area contributed by atoms with Crippen LogP contribution in [0.3, 0.4) is 0 Å². The van der Waals surface area contributed by atoms with Crippen LogP contribution in [-0.2, 0) is 4.74 Å². The molecule has 1 rings (SSSR count). The van der Waals surface area contributed by atoms with Crippen LogP contribution in [0.25, 0.3) is 0 Å². The Kier molecular flexibility index (Phi) is 4.35. The molecule has 8 nitrogen and oxygen atoms in total. The van der Waals surface area contributed by atoms with Crippen molar-refractivity contribution in [2.45, 2.75) is 0 Å². The van der Waals surface area contributed by atoms with E-state index < -0.39 is 10.9 Å². The van der Waals surface area contributed by atoms with E-state index in [9.17, 15) is 14.9 Å². The molecule has 17 heavy (non-hydrogen) atoms. The molecule has 8 heteroatoms. The highest BCUT2D eigenvalue weighted by molar-refractivity contribution is 5.85. The Morgan fingerprint density at radius 1 is 1.53 bits per heavy atom. The average molecular weight is 242 g/mol. The number of hydrogen-bond donors (Lipinski definition) is 1. The molecule has 0 saturated heterocycles. The van der Waals surface area contributed by atoms with Gasteiger partial charge >= 0.3 is 11.7 Å². The molecule has 92 valence electrons. The second-order valence-corrected chi connectivity index (χ2v) is 2.92. The zero-order chi connectivity index (χ0) is 12.8. The van der Waals surface area contributed by atoms with Crippen LogP contribution < -0.4 is 4.74 Å². The smallest absolute Gasteiger partial charge is 0.354 e. The van der Waals surface area contributed by atoms with E-state index in [0.717, 1.165) is 12.1 Å². The minimum atomic E-state index is -1.28. The molecular weight excluding hydrogens is 232 g/mol. The highest BCUT2D eigenvalue weighted by Gasteiger charge is 2.19. The number of aromatic carboxylic acids is 1. The predicted octanol–water partition coefficient (Wildman–Crippen LogP) is 0.713. The minimum absolute atomic E-state index is 0.0490. The molecular formula is C9H10N2O6. The molecule has 1 heterocycles. The van der Waals surface area contributed by atoms with Gasteiger partial charge < -0.3 is 14.6 Å². The lowest BCUT2D eigenvalue weighted by atomic mass is 10.3. The summed E-state index contributed by atoms with van der Waals surface area (Å²) in [7, 11) is 1.44. The number of carboxylic acid groups (broad SMARTS) is 1. The molecule has 0 aliphatic rings. The van der Waals surface area contributed by atoms with E-state index in [4.69, 9.17) is 14.6 Å². The molecule has 1 aromatic heterocycles. The van der Waals surface area contributed by atoms with Gasteiger partial charge in [0.15, 0.2) is 5.69 Å². The van der Waals surface area contributed by atoms with E-state index >= 15 is 0 Å². The van der Waals surface area contributed by atoms with Crippen molar-refractivity contribution in [1.82, 2.24) is 4.98 Å². The number of nitro groups is 1. The molecule has 0 spiro atoms. The molecule has 0 radical (unpaired) electrons. The molecule has 0 aliphatic carbocycles. The van der Waals surface area contributed by atoms with Crippen molar-refractivity contribution in [2.75, 3.05) is 20.3 Å². The Morgan fingerprint density at radius 2 is 2.24 bits per heavy atom. The normalized spacial score (nSPS) is 9.94. The molecule has 0 saturated carbocycles. The summed E-state index contributed by atoms with van der Waals surface area (Å²) in [5, 5.41) is 19.3. The number of rotatable bonds is 6. The van der Waals surface area contributed by atoms with Crippen LogP contribution in [0.1, 0.15) is 10.5 Å². The predicted molar refractivity (Wildman–Crippen MR) is 55.2 cm³/mol. The summed E-state index contributed by atoms with van der Waals surface area (Å²) >= 11 is 0. The van der Waals surface area contributed by atoms with Crippen molar-refractivity contribution >= 4 is 11.7 Å². The first-order chi connectivity index (χ1) is 8.06. The van der Waals surface area contributed by atoms with Crippen molar-refractivity contribution in [1.29, 1.82) is 0 Å². The summed E-state index contributed by atoms with van der Waals surface area (Å²) in [6.07, 6.45) is 0. The van der Waals surface area contributed by atoms with E-state index in [1.807, 2.05) is 0 Å². The van der Waals surface area contributed by atoms with E-state index in [0.29, 0.717) is 0 Å². The number of pyridine rings is 1. The molecule has 0 atom stereocenters. The Morgan fingerprint density at radius 3 is 2.76 bits per heavy atom. The van der Waals surface area contributed by atoms with Crippen LogP contribution in [0.2, 0.25) is 0 Å². The highest BCUT2D eigenvalue weighted by Crippen LogP contribution is 2.24. The zero-order valence-electron chi connectivity index (χ0n) is 8.95. The fourth-order valence-electron chi connectivity index (χ4n) is 1.02. The largest absolute Gasteiger partial charge is 0.477 e. The fraction of sp³-hybridized carbons (Fsp3) is 0.333. The maximum absolute atomic E-state index is 10.7. The summed E-state index contributed by atoms with van der Waals surface area (Å²) in [5.41, 5.74) is -0.700. The van der Waals surface area contributed by atoms with Crippen LogP contribution in [0, 0.1) is 10.1 Å². The van der Waals surface area contributed by atoms with Gasteiger partial charge in [-0.25, -0.2) is 9.78 Å². The number of ether oxygens (including phenoxy) is 2. The van der Waals surface area contributed by atoms with Gasteiger partial charge in [0.1, 0.15) is 6.61 Å². The van der Waals surface area contributed by atoms with Crippen LogP contribution in [0.5, 0.6) is 5.88 Å². The number of nitrogens with zero attached hydrogens (tertiary/aromatic N) is 2. The number of methoxy groups -OCH3 is 1. The summed E-state index contributed by atoms with van der Waals surface area (Å²) < 4.78 is 9.69. The summed E-state index contributed by atoms with van der Waals surface area (Å²) in [5.74, 6) is -1.61. The molecule has 0 aromatic carbocycles. The van der Waals surface area contributed by atoms with Gasteiger partial charge in [0.2, 0.25) is 0 Å². The molecule has 0 amide bonds. The Hall–Kier alpha value is -2.22. The highest BCUT2D eigenvalue weighted by atomic mass is 16.6. The number of hydrogen-bond acceptors (Lipinski definition) is 6. The van der Waals surface area contributed by atoms with Crippen LogP contribution >= 0.6 is 0 Å². The fourth-order valence-corrected chi connectivity index (χ4v) is 1.02. The quantitative estimate of drug-likeness (QED) is 0.444. The second-order valence-electron chi connectivity index (χ2n) is 2.92. The maximum Gasteiger partial charge on any atom is 0.354 e. The van der Waals surface area contributed by atoms with E-state index in [1.165, 1.54) is 7.11 Å². The molecule has 0 unspecified atom stereocenters. The van der Waals surface area contributed by atoms with Gasteiger partial charge in [-0.1, -0.05) is 0 Å². The molecule has 1 aromatic rings. The second kappa shape index (κ2) is 5.75. The van der Waals surface area contributed by atoms with Crippen molar-refractivity contribution in [2.24, 2.45) is 0 Å². The Balaban J connectivity index is 2.98. The monoisotopic (exact) mass is 242 g/mol. The van der Waals surface area contributed by atoms with Gasteiger partial charge in [-0.2, -0.15) is 0 Å². The first kappa shape index (κ1) is 12.8. The topological polar surface area (TPSA) is 112 Å². The summed E-state index contributed by atoms with van der Waals surface area (Å²) in [4.78, 5) is 24.1. The summed E-state index contributed by atoms with van der Waals surface area (Å²) in [6, 6.07) is 2.09. The lowest BCUT2D eigenvalue weighted by molar-refractivity contribution is -0.386. The first-order valence-corrected chi connectivity index (χ1v) is 4.56. The summed E-state index contributed by atoms with van der Waals surface area (Å²) in [6.45, 7) is 0.267. The first-order valence-electron chi connectivity index (χ1n) is 4.56. The third-order valence-electron chi connectivity index (χ3n) is 1.78. The van der Waals surface area contributed by atoms with Crippen molar-refractivity contribution in [3.63, 3.8) is 0 Å². The van der Waals surface area contributed by atoms with E-state index in [1.54, 1.807) is 0 Å². The van der Waals surface area contributed by atoms with E-state index in [-0.39, 0.29) is 30.5 Å². The standard InChI is InChI=1S/C9H10N2O6/c1-16-4-5-17-8-7(11(14)15)3-2-6(10-8)9(12)13/h2-3H,4-5H2,1H3,(H,12,13). The zero-order valence-corrected chi connectivity index (χ0v) is 8.95. The van der Waals surface area contributed by atoms with Crippen molar-refractivity contribution in [3.05, 3.63) is 27.9 Å². The van der Waals surface area contributed by atoms with Crippen LogP contribution in [0.15, 0.2) is 12.1 Å². The average Bonchev–Trinajstić information content (AvgIpc) is 2.28. The van der Waals surface area contributed by atoms with Gasteiger partial charge in [-0.3, -0.25) is 10.1 Å². The third-order valence-corrected chi connectivity index (χ3v) is 1.78. The molecule has 1 N–H and O–H groups in total. The van der Waals surface area contributed by atoms with Gasteiger partial charge in [-0.05, 0) is 6.07 Å². The van der Waals surface area contributed by atoms with E-state index in [2.05, 4.69) is 4.98 Å². The number of carboxylic acids is 1. The molecule has 0 bridgehead atoms. The van der Waals surface area contributed by atoms with Crippen LogP contribution in [-0.4, -0.2) is 41.3 Å². The minimum Gasteiger partial charge on any atom is -0.477 e. The van der Waals surface area contributed by atoms with Gasteiger partial charge in [0, 0.05) is 13.2 Å². The third kappa shape index (κ3) is 3.38.